The van der Waals surface area contributed by atoms with Crippen LogP contribution in [0.4, 0.5) is 0 Å². The second kappa shape index (κ2) is 10.0. The Morgan fingerprint density at radius 3 is 2.41 bits per heavy atom. The lowest BCUT2D eigenvalue weighted by molar-refractivity contribution is -0.148. The number of carboxylic acids is 1. The van der Waals surface area contributed by atoms with Crippen LogP contribution < -0.4 is 10.8 Å². The van der Waals surface area contributed by atoms with E-state index in [9.17, 15) is 14.7 Å². The molecule has 0 bridgehead atoms. The summed E-state index contributed by atoms with van der Waals surface area (Å²) in [5, 5.41) is 21.8. The number of benzene rings is 1. The van der Waals surface area contributed by atoms with Gasteiger partial charge < -0.3 is 5.11 Å². The van der Waals surface area contributed by atoms with Crippen LogP contribution in [0.2, 0.25) is 0 Å². The Kier molecular flexibility index (Phi) is 7.76. The second-order valence-corrected chi connectivity index (χ2v) is 7.01. The molecule has 1 saturated carbocycles. The number of hydroxylamine groups is 1. The van der Waals surface area contributed by atoms with Crippen molar-refractivity contribution >= 4 is 18.0 Å². The summed E-state index contributed by atoms with van der Waals surface area (Å²) in [6.45, 7) is 4.21. The summed E-state index contributed by atoms with van der Waals surface area (Å²) >= 11 is 0. The van der Waals surface area contributed by atoms with Crippen LogP contribution in [-0.2, 0) is 16.1 Å². The van der Waals surface area contributed by atoms with Gasteiger partial charge in [-0.1, -0.05) is 49.6 Å². The van der Waals surface area contributed by atoms with Crippen molar-refractivity contribution in [2.75, 3.05) is 0 Å². The van der Waals surface area contributed by atoms with E-state index in [1.807, 2.05) is 24.3 Å². The van der Waals surface area contributed by atoms with Gasteiger partial charge in [-0.05, 0) is 42.4 Å². The highest BCUT2D eigenvalue weighted by Gasteiger charge is 2.44. The van der Waals surface area contributed by atoms with Gasteiger partial charge in [-0.3, -0.25) is 20.1 Å². The molecule has 146 valence electrons. The molecule has 6 heteroatoms. The smallest absolute Gasteiger partial charge is 0.324 e. The molecular formula is C21H28N2O4. The third-order valence-electron chi connectivity index (χ3n) is 5.28. The second-order valence-electron chi connectivity index (χ2n) is 7.01. The van der Waals surface area contributed by atoms with Gasteiger partial charge in [-0.2, -0.15) is 0 Å². The van der Waals surface area contributed by atoms with Crippen molar-refractivity contribution in [3.8, 4) is 0 Å². The molecule has 0 radical (unpaired) electrons. The molecule has 1 aliphatic carbocycles. The van der Waals surface area contributed by atoms with Crippen LogP contribution in [0.25, 0.3) is 6.08 Å². The maximum Gasteiger partial charge on any atom is 0.324 e. The molecule has 2 rings (SSSR count). The van der Waals surface area contributed by atoms with Crippen molar-refractivity contribution < 1.29 is 19.9 Å². The van der Waals surface area contributed by atoms with Crippen LogP contribution in [0, 0.1) is 5.92 Å². The third-order valence-corrected chi connectivity index (χ3v) is 5.28. The maximum absolute atomic E-state index is 12.2. The molecule has 1 atom stereocenters. The van der Waals surface area contributed by atoms with Crippen LogP contribution in [0.15, 0.2) is 43.0 Å². The average molecular weight is 372 g/mol. The van der Waals surface area contributed by atoms with E-state index in [1.54, 1.807) is 12.2 Å². The van der Waals surface area contributed by atoms with Crippen molar-refractivity contribution in [2.24, 2.45) is 5.92 Å². The molecule has 1 aliphatic rings. The fourth-order valence-electron chi connectivity index (χ4n) is 3.76. The zero-order chi connectivity index (χ0) is 19.7. The van der Waals surface area contributed by atoms with Crippen LogP contribution in [0.5, 0.6) is 0 Å². The number of hydrogen-bond acceptors (Lipinski definition) is 4. The zero-order valence-electron chi connectivity index (χ0n) is 15.5. The third kappa shape index (κ3) is 5.52. The van der Waals surface area contributed by atoms with Gasteiger partial charge in [-0.25, -0.2) is 5.48 Å². The quantitative estimate of drug-likeness (QED) is 0.231. The molecule has 0 spiro atoms. The van der Waals surface area contributed by atoms with Crippen molar-refractivity contribution in [3.05, 3.63) is 54.1 Å². The van der Waals surface area contributed by atoms with E-state index in [-0.39, 0.29) is 5.92 Å². The van der Waals surface area contributed by atoms with Crippen LogP contribution >= 0.6 is 0 Å². The lowest BCUT2D eigenvalue weighted by atomic mass is 9.72. The number of hydrogen-bond donors (Lipinski definition) is 4. The lowest BCUT2D eigenvalue weighted by Crippen LogP contribution is -2.57. The van der Waals surface area contributed by atoms with Crippen molar-refractivity contribution in [1.29, 1.82) is 0 Å². The molecule has 0 saturated heterocycles. The van der Waals surface area contributed by atoms with Gasteiger partial charge >= 0.3 is 5.97 Å². The summed E-state index contributed by atoms with van der Waals surface area (Å²) < 4.78 is 0. The molecule has 1 aromatic carbocycles. The fraction of sp³-hybridized carbons (Fsp3) is 0.429. The van der Waals surface area contributed by atoms with Gasteiger partial charge in [-0.15, -0.1) is 6.58 Å². The Morgan fingerprint density at radius 1 is 1.19 bits per heavy atom. The van der Waals surface area contributed by atoms with Gasteiger partial charge in [0.2, 0.25) is 0 Å². The normalized spacial score (nSPS) is 17.4. The number of aliphatic carboxylic acids is 1. The number of carboxylic acid groups (broad SMARTS) is 1. The summed E-state index contributed by atoms with van der Waals surface area (Å²) in [5.41, 5.74) is 2.32. The van der Waals surface area contributed by atoms with Crippen molar-refractivity contribution in [2.45, 2.75) is 50.6 Å². The first-order valence-electron chi connectivity index (χ1n) is 9.32. The van der Waals surface area contributed by atoms with E-state index in [1.165, 1.54) is 18.0 Å². The fourth-order valence-corrected chi connectivity index (χ4v) is 3.76. The first-order valence-corrected chi connectivity index (χ1v) is 9.32. The summed E-state index contributed by atoms with van der Waals surface area (Å²) in [6.07, 6.45) is 10.1. The first-order chi connectivity index (χ1) is 13.0. The zero-order valence-corrected chi connectivity index (χ0v) is 15.5. The van der Waals surface area contributed by atoms with Crippen LogP contribution in [0.3, 0.4) is 0 Å². The summed E-state index contributed by atoms with van der Waals surface area (Å²) in [4.78, 5) is 23.2. The Morgan fingerprint density at radius 2 is 1.85 bits per heavy atom. The molecule has 1 aromatic rings. The van der Waals surface area contributed by atoms with E-state index in [0.29, 0.717) is 13.0 Å². The Hall–Kier alpha value is -2.44. The minimum Gasteiger partial charge on any atom is -0.480 e. The monoisotopic (exact) mass is 372 g/mol. The molecule has 1 fully saturated rings. The van der Waals surface area contributed by atoms with Crippen molar-refractivity contribution in [1.82, 2.24) is 10.8 Å². The summed E-state index contributed by atoms with van der Waals surface area (Å²) in [6, 6.07) is 7.47. The minimum atomic E-state index is -0.986. The lowest BCUT2D eigenvalue weighted by Gasteiger charge is -2.39. The minimum absolute atomic E-state index is 0.0981. The van der Waals surface area contributed by atoms with Gasteiger partial charge in [0.05, 0.1) is 0 Å². The van der Waals surface area contributed by atoms with E-state index >= 15 is 0 Å². The summed E-state index contributed by atoms with van der Waals surface area (Å²) in [7, 11) is 0. The molecule has 4 N–H and O–H groups in total. The SMILES string of the molecule is C=CC[C@@](NCc1ccc(C=CC(=O)NO)cc1)(C(=O)O)C1CCCCC1. The maximum atomic E-state index is 12.2. The highest BCUT2D eigenvalue weighted by Crippen LogP contribution is 2.35. The number of carbonyl (C=O) groups excluding carboxylic acids is 1. The molecule has 27 heavy (non-hydrogen) atoms. The molecule has 0 aromatic heterocycles. The van der Waals surface area contributed by atoms with Gasteiger partial charge in [0, 0.05) is 12.6 Å². The highest BCUT2D eigenvalue weighted by molar-refractivity contribution is 5.90. The molecule has 0 aliphatic heterocycles. The van der Waals surface area contributed by atoms with Gasteiger partial charge in [0.25, 0.3) is 5.91 Å². The standard InChI is InChI=1S/C21H28N2O4/c1-2-14-21(20(25)26,18-6-4-3-5-7-18)22-15-17-10-8-16(9-11-17)12-13-19(24)23-27/h2,8-13,18,22,27H,1,3-7,14-15H2,(H,23,24)(H,25,26)/t21-/m0/s1. The predicted molar refractivity (Wildman–Crippen MR) is 104 cm³/mol. The van der Waals surface area contributed by atoms with E-state index in [4.69, 9.17) is 5.21 Å². The van der Waals surface area contributed by atoms with E-state index < -0.39 is 17.4 Å². The summed E-state index contributed by atoms with van der Waals surface area (Å²) in [5.74, 6) is -1.31. The van der Waals surface area contributed by atoms with E-state index in [2.05, 4.69) is 11.9 Å². The molecule has 0 heterocycles. The molecule has 6 nitrogen and oxygen atoms in total. The molecule has 0 unspecified atom stereocenters. The Labute approximate surface area is 159 Å². The van der Waals surface area contributed by atoms with Gasteiger partial charge in [0.1, 0.15) is 5.54 Å². The Balaban J connectivity index is 2.09. The topological polar surface area (TPSA) is 98.7 Å². The number of amides is 1. The largest absolute Gasteiger partial charge is 0.480 e. The molecular weight excluding hydrogens is 344 g/mol. The van der Waals surface area contributed by atoms with Crippen LogP contribution in [-0.4, -0.2) is 27.7 Å². The van der Waals surface area contributed by atoms with E-state index in [0.717, 1.165) is 36.8 Å². The highest BCUT2D eigenvalue weighted by atomic mass is 16.5. The van der Waals surface area contributed by atoms with Crippen molar-refractivity contribution in [3.63, 3.8) is 0 Å². The number of carbonyl (C=O) groups is 2. The average Bonchev–Trinajstić information content (AvgIpc) is 2.70. The number of nitrogens with one attached hydrogen (secondary N) is 2. The first kappa shape index (κ1) is 20.9. The van der Waals surface area contributed by atoms with Gasteiger partial charge in [0.15, 0.2) is 0 Å². The van der Waals surface area contributed by atoms with Crippen LogP contribution in [0.1, 0.15) is 49.7 Å². The Bertz CT molecular complexity index is 678. The molecule has 1 amide bonds. The number of rotatable bonds is 9. The predicted octanol–water partition coefficient (Wildman–Crippen LogP) is 3.27.